The SMILES string of the molecule is CC(C)(C)n1ncnc1CN1CCCC1CC(O)c1ccc(F)cc1. The van der Waals surface area contributed by atoms with Gasteiger partial charge in [0, 0.05) is 6.04 Å². The summed E-state index contributed by atoms with van der Waals surface area (Å²) in [5, 5.41) is 14.9. The Labute approximate surface area is 148 Å². The van der Waals surface area contributed by atoms with Crippen molar-refractivity contribution in [2.75, 3.05) is 6.54 Å². The maximum Gasteiger partial charge on any atom is 0.141 e. The molecule has 1 N–H and O–H groups in total. The largest absolute Gasteiger partial charge is 0.388 e. The number of nitrogens with zero attached hydrogens (tertiary/aromatic N) is 4. The van der Waals surface area contributed by atoms with Gasteiger partial charge in [-0.15, -0.1) is 0 Å². The molecule has 1 aromatic carbocycles. The summed E-state index contributed by atoms with van der Waals surface area (Å²) in [4.78, 5) is 6.81. The van der Waals surface area contributed by atoms with Gasteiger partial charge in [0.05, 0.1) is 18.2 Å². The minimum atomic E-state index is -0.577. The summed E-state index contributed by atoms with van der Waals surface area (Å²) in [5.74, 6) is 0.677. The van der Waals surface area contributed by atoms with Gasteiger partial charge in [0.15, 0.2) is 0 Å². The fourth-order valence-electron chi connectivity index (χ4n) is 3.56. The van der Waals surface area contributed by atoms with Crippen LogP contribution in [0.5, 0.6) is 0 Å². The molecule has 136 valence electrons. The van der Waals surface area contributed by atoms with Crippen molar-refractivity contribution in [2.45, 2.75) is 64.3 Å². The fraction of sp³-hybridized carbons (Fsp3) is 0.579. The molecule has 0 spiro atoms. The maximum absolute atomic E-state index is 13.1. The van der Waals surface area contributed by atoms with Crippen LogP contribution in [0.15, 0.2) is 30.6 Å². The lowest BCUT2D eigenvalue weighted by Crippen LogP contribution is -2.34. The summed E-state index contributed by atoms with van der Waals surface area (Å²) in [6.45, 7) is 8.08. The Morgan fingerprint density at radius 2 is 2.00 bits per heavy atom. The van der Waals surface area contributed by atoms with Gasteiger partial charge in [0.1, 0.15) is 18.0 Å². The fourth-order valence-corrected chi connectivity index (χ4v) is 3.56. The highest BCUT2D eigenvalue weighted by Gasteiger charge is 2.29. The zero-order valence-corrected chi connectivity index (χ0v) is 15.2. The van der Waals surface area contributed by atoms with E-state index in [9.17, 15) is 9.50 Å². The minimum Gasteiger partial charge on any atom is -0.388 e. The molecule has 2 aromatic rings. The van der Waals surface area contributed by atoms with Crippen LogP contribution >= 0.6 is 0 Å². The number of rotatable bonds is 5. The average molecular weight is 346 g/mol. The summed E-state index contributed by atoms with van der Waals surface area (Å²) in [7, 11) is 0. The molecule has 6 heteroatoms. The first-order chi connectivity index (χ1) is 11.8. The van der Waals surface area contributed by atoms with Crippen LogP contribution < -0.4 is 0 Å². The third-order valence-corrected chi connectivity index (χ3v) is 4.85. The van der Waals surface area contributed by atoms with Crippen molar-refractivity contribution in [2.24, 2.45) is 0 Å². The topological polar surface area (TPSA) is 54.2 Å². The molecule has 1 aliphatic rings. The van der Waals surface area contributed by atoms with E-state index in [0.717, 1.165) is 37.3 Å². The second kappa shape index (κ2) is 7.22. The predicted molar refractivity (Wildman–Crippen MR) is 94.4 cm³/mol. The minimum absolute atomic E-state index is 0.103. The van der Waals surface area contributed by atoms with Gasteiger partial charge in [-0.1, -0.05) is 12.1 Å². The first-order valence-corrected chi connectivity index (χ1v) is 8.91. The Kier molecular flexibility index (Phi) is 5.20. The molecule has 1 aromatic heterocycles. The van der Waals surface area contributed by atoms with Crippen LogP contribution in [0.25, 0.3) is 0 Å². The molecule has 2 atom stereocenters. The normalized spacial score (nSPS) is 20.1. The van der Waals surface area contributed by atoms with Gasteiger partial charge >= 0.3 is 0 Å². The Bertz CT molecular complexity index is 692. The molecule has 0 aliphatic carbocycles. The number of likely N-dealkylation sites (tertiary alicyclic amines) is 1. The van der Waals surface area contributed by atoms with Gasteiger partial charge in [0.2, 0.25) is 0 Å². The van der Waals surface area contributed by atoms with E-state index in [1.54, 1.807) is 18.5 Å². The molecule has 3 rings (SSSR count). The van der Waals surface area contributed by atoms with E-state index < -0.39 is 6.10 Å². The molecule has 0 radical (unpaired) electrons. The van der Waals surface area contributed by atoms with Crippen molar-refractivity contribution in [1.29, 1.82) is 0 Å². The van der Waals surface area contributed by atoms with E-state index >= 15 is 0 Å². The van der Waals surface area contributed by atoms with Crippen molar-refractivity contribution >= 4 is 0 Å². The van der Waals surface area contributed by atoms with Crippen molar-refractivity contribution in [3.05, 3.63) is 47.8 Å². The summed E-state index contributed by atoms with van der Waals surface area (Å²) in [6, 6.07) is 6.42. The molecule has 2 heterocycles. The quantitative estimate of drug-likeness (QED) is 0.903. The number of halogens is 1. The molecule has 1 saturated heterocycles. The monoisotopic (exact) mass is 346 g/mol. The van der Waals surface area contributed by atoms with E-state index in [4.69, 9.17) is 0 Å². The van der Waals surface area contributed by atoms with E-state index in [-0.39, 0.29) is 11.4 Å². The van der Waals surface area contributed by atoms with Crippen molar-refractivity contribution in [1.82, 2.24) is 19.7 Å². The molecular weight excluding hydrogens is 319 g/mol. The van der Waals surface area contributed by atoms with Crippen LogP contribution in [0.2, 0.25) is 0 Å². The van der Waals surface area contributed by atoms with E-state index in [2.05, 4.69) is 35.8 Å². The zero-order valence-electron chi connectivity index (χ0n) is 15.2. The molecule has 2 unspecified atom stereocenters. The first kappa shape index (κ1) is 18.0. The Balaban J connectivity index is 1.67. The van der Waals surface area contributed by atoms with Gasteiger partial charge in [-0.3, -0.25) is 4.90 Å². The molecule has 1 fully saturated rings. The number of benzene rings is 1. The Morgan fingerprint density at radius 1 is 1.28 bits per heavy atom. The van der Waals surface area contributed by atoms with Gasteiger partial charge in [0.25, 0.3) is 0 Å². The number of aliphatic hydroxyl groups excluding tert-OH is 1. The smallest absolute Gasteiger partial charge is 0.141 e. The highest BCUT2D eigenvalue weighted by Crippen LogP contribution is 2.29. The summed E-state index contributed by atoms with van der Waals surface area (Å²) >= 11 is 0. The van der Waals surface area contributed by atoms with Crippen LogP contribution in [0.3, 0.4) is 0 Å². The highest BCUT2D eigenvalue weighted by atomic mass is 19.1. The lowest BCUT2D eigenvalue weighted by molar-refractivity contribution is 0.115. The number of hydrogen-bond acceptors (Lipinski definition) is 4. The summed E-state index contributed by atoms with van der Waals surface area (Å²) in [6.07, 6.45) is 3.85. The molecule has 5 nitrogen and oxygen atoms in total. The molecule has 0 bridgehead atoms. The lowest BCUT2D eigenvalue weighted by Gasteiger charge is -2.28. The van der Waals surface area contributed by atoms with Gasteiger partial charge in [-0.2, -0.15) is 5.10 Å². The Hall–Kier alpha value is -1.79. The number of hydrogen-bond donors (Lipinski definition) is 1. The van der Waals surface area contributed by atoms with Crippen LogP contribution in [0, 0.1) is 5.82 Å². The number of aromatic nitrogens is 3. The molecule has 1 aliphatic heterocycles. The van der Waals surface area contributed by atoms with E-state index in [0.29, 0.717) is 12.5 Å². The second-order valence-corrected chi connectivity index (χ2v) is 7.83. The van der Waals surface area contributed by atoms with Crippen molar-refractivity contribution in [3.63, 3.8) is 0 Å². The molecule has 0 saturated carbocycles. The molecule has 25 heavy (non-hydrogen) atoms. The van der Waals surface area contributed by atoms with Crippen LogP contribution in [-0.2, 0) is 12.1 Å². The maximum atomic E-state index is 13.1. The third kappa shape index (κ3) is 4.25. The standard InChI is InChI=1S/C19H27FN4O/c1-19(2,3)24-18(21-13-22-24)12-23-10-4-5-16(23)11-17(25)14-6-8-15(20)9-7-14/h6-9,13,16-17,25H,4-5,10-12H2,1-3H3. The third-order valence-electron chi connectivity index (χ3n) is 4.85. The lowest BCUT2D eigenvalue weighted by atomic mass is 10.0. The first-order valence-electron chi connectivity index (χ1n) is 8.91. The zero-order chi connectivity index (χ0) is 18.0. The Morgan fingerprint density at radius 3 is 2.68 bits per heavy atom. The summed E-state index contributed by atoms with van der Waals surface area (Å²) < 4.78 is 15.0. The van der Waals surface area contributed by atoms with Crippen LogP contribution in [-0.4, -0.2) is 37.4 Å². The summed E-state index contributed by atoms with van der Waals surface area (Å²) in [5.41, 5.74) is 0.667. The van der Waals surface area contributed by atoms with E-state index in [1.807, 2.05) is 4.68 Å². The second-order valence-electron chi connectivity index (χ2n) is 7.83. The molecule has 0 amide bonds. The van der Waals surface area contributed by atoms with Gasteiger partial charge < -0.3 is 5.11 Å². The predicted octanol–water partition coefficient (Wildman–Crippen LogP) is 3.26. The highest BCUT2D eigenvalue weighted by molar-refractivity contribution is 5.18. The van der Waals surface area contributed by atoms with Gasteiger partial charge in [-0.25, -0.2) is 14.1 Å². The van der Waals surface area contributed by atoms with Gasteiger partial charge in [-0.05, 0) is 64.3 Å². The van der Waals surface area contributed by atoms with Crippen molar-refractivity contribution in [3.8, 4) is 0 Å². The van der Waals surface area contributed by atoms with Crippen LogP contribution in [0.1, 0.15) is 57.5 Å². The van der Waals surface area contributed by atoms with Crippen LogP contribution in [0.4, 0.5) is 4.39 Å². The number of aliphatic hydroxyl groups is 1. The van der Waals surface area contributed by atoms with Crippen molar-refractivity contribution < 1.29 is 9.50 Å². The average Bonchev–Trinajstić information content (AvgIpc) is 3.18. The molecular formula is C19H27FN4O. The van der Waals surface area contributed by atoms with E-state index in [1.165, 1.54) is 12.1 Å².